The van der Waals surface area contributed by atoms with Crippen LogP contribution in [0.3, 0.4) is 0 Å². The maximum absolute atomic E-state index is 12.9. The van der Waals surface area contributed by atoms with Gasteiger partial charge in [-0.25, -0.2) is 0 Å². The van der Waals surface area contributed by atoms with Gasteiger partial charge < -0.3 is 14.7 Å². The molecule has 29 heavy (non-hydrogen) atoms. The fraction of sp³-hybridized carbons (Fsp3) is 0.318. The molecule has 1 aliphatic heterocycles. The van der Waals surface area contributed by atoms with Crippen molar-refractivity contribution in [2.45, 2.75) is 32.7 Å². The summed E-state index contributed by atoms with van der Waals surface area (Å²) in [6, 6.07) is 6.17. The Kier molecular flexibility index (Phi) is 6.23. The molecule has 0 saturated carbocycles. The van der Waals surface area contributed by atoms with Crippen LogP contribution in [0.4, 0.5) is 0 Å². The van der Waals surface area contributed by atoms with Crippen molar-refractivity contribution in [3.63, 3.8) is 0 Å². The van der Waals surface area contributed by atoms with E-state index in [4.69, 9.17) is 16.3 Å². The number of aryl methyl sites for hydroxylation is 1. The zero-order chi connectivity index (χ0) is 21.1. The first-order valence-electron chi connectivity index (χ1n) is 9.43. The smallest absolute Gasteiger partial charge is 0.295 e. The molecule has 1 amide bonds. The summed E-state index contributed by atoms with van der Waals surface area (Å²) in [7, 11) is 1.44. The van der Waals surface area contributed by atoms with Crippen molar-refractivity contribution in [2.24, 2.45) is 0 Å². The number of methoxy groups -OCH3 is 1. The number of aliphatic hydroxyl groups is 1. The minimum Gasteiger partial charge on any atom is -0.507 e. The van der Waals surface area contributed by atoms with Crippen LogP contribution in [-0.2, 0) is 9.59 Å². The van der Waals surface area contributed by atoms with E-state index in [2.05, 4.69) is 4.98 Å². The van der Waals surface area contributed by atoms with Crippen LogP contribution in [0.5, 0.6) is 5.75 Å². The SMILES string of the molecule is CCCCN1C(=O)C(=O)/C(=C(/O)c2cc(C)cc(Cl)c2OC)C1c1ccncc1. The number of rotatable bonds is 6. The maximum Gasteiger partial charge on any atom is 0.295 e. The monoisotopic (exact) mass is 414 g/mol. The van der Waals surface area contributed by atoms with Crippen LogP contribution < -0.4 is 4.74 Å². The van der Waals surface area contributed by atoms with Crippen molar-refractivity contribution in [2.75, 3.05) is 13.7 Å². The Hall–Kier alpha value is -2.86. The van der Waals surface area contributed by atoms with E-state index in [9.17, 15) is 14.7 Å². The van der Waals surface area contributed by atoms with E-state index in [0.29, 0.717) is 17.1 Å². The Labute approximate surface area is 174 Å². The van der Waals surface area contributed by atoms with Crippen LogP contribution in [0.2, 0.25) is 5.02 Å². The van der Waals surface area contributed by atoms with Gasteiger partial charge in [-0.15, -0.1) is 0 Å². The summed E-state index contributed by atoms with van der Waals surface area (Å²) in [4.78, 5) is 31.3. The highest BCUT2D eigenvalue weighted by molar-refractivity contribution is 6.46. The largest absolute Gasteiger partial charge is 0.507 e. The molecular formula is C22H23ClN2O4. The predicted octanol–water partition coefficient (Wildman–Crippen LogP) is 4.27. The van der Waals surface area contributed by atoms with E-state index in [1.165, 1.54) is 12.0 Å². The number of unbranched alkanes of at least 4 members (excludes halogenated alkanes) is 1. The van der Waals surface area contributed by atoms with Gasteiger partial charge in [0, 0.05) is 18.9 Å². The number of halogens is 1. The lowest BCUT2D eigenvalue weighted by atomic mass is 9.95. The maximum atomic E-state index is 12.9. The molecule has 2 aromatic rings. The molecule has 0 bridgehead atoms. The minimum atomic E-state index is -0.722. The number of amides is 1. The van der Waals surface area contributed by atoms with Gasteiger partial charge in [0.2, 0.25) is 0 Å². The van der Waals surface area contributed by atoms with Crippen molar-refractivity contribution in [1.82, 2.24) is 9.88 Å². The van der Waals surface area contributed by atoms with Crippen molar-refractivity contribution < 1.29 is 19.4 Å². The van der Waals surface area contributed by atoms with Gasteiger partial charge in [-0.2, -0.15) is 0 Å². The van der Waals surface area contributed by atoms with Crippen LogP contribution in [0.15, 0.2) is 42.2 Å². The molecule has 1 atom stereocenters. The van der Waals surface area contributed by atoms with Gasteiger partial charge in [-0.1, -0.05) is 24.9 Å². The number of hydrogen-bond donors (Lipinski definition) is 1. The zero-order valence-electron chi connectivity index (χ0n) is 16.6. The van der Waals surface area contributed by atoms with Crippen molar-refractivity contribution in [1.29, 1.82) is 0 Å². The number of aliphatic hydroxyl groups excluding tert-OH is 1. The number of ether oxygens (including phenoxy) is 1. The Morgan fingerprint density at radius 2 is 1.97 bits per heavy atom. The lowest BCUT2D eigenvalue weighted by Gasteiger charge is -2.25. The molecule has 0 aliphatic carbocycles. The average molecular weight is 415 g/mol. The lowest BCUT2D eigenvalue weighted by Crippen LogP contribution is -2.30. The molecule has 6 nitrogen and oxygen atoms in total. The van der Waals surface area contributed by atoms with Gasteiger partial charge in [-0.05, 0) is 48.7 Å². The van der Waals surface area contributed by atoms with Crippen molar-refractivity contribution in [3.05, 3.63) is 63.9 Å². The van der Waals surface area contributed by atoms with Crippen LogP contribution in [0.25, 0.3) is 5.76 Å². The van der Waals surface area contributed by atoms with Gasteiger partial charge in [0.15, 0.2) is 0 Å². The van der Waals surface area contributed by atoms with Crippen LogP contribution >= 0.6 is 11.6 Å². The van der Waals surface area contributed by atoms with E-state index in [1.54, 1.807) is 36.7 Å². The molecule has 0 radical (unpaired) electrons. The summed E-state index contributed by atoms with van der Waals surface area (Å²) >= 11 is 6.27. The normalized spacial score (nSPS) is 18.3. The van der Waals surface area contributed by atoms with E-state index in [-0.39, 0.29) is 22.6 Å². The van der Waals surface area contributed by atoms with Crippen LogP contribution in [0.1, 0.15) is 42.5 Å². The molecule has 1 fully saturated rings. The summed E-state index contributed by atoms with van der Waals surface area (Å²) in [5.41, 5.74) is 1.80. The Balaban J connectivity index is 2.24. The lowest BCUT2D eigenvalue weighted by molar-refractivity contribution is -0.139. The molecule has 1 N–H and O–H groups in total. The fourth-order valence-electron chi connectivity index (χ4n) is 3.59. The molecule has 1 saturated heterocycles. The summed E-state index contributed by atoms with van der Waals surface area (Å²) in [5.74, 6) is -1.39. The molecule has 1 aromatic heterocycles. The van der Waals surface area contributed by atoms with E-state index in [1.807, 2.05) is 13.8 Å². The van der Waals surface area contributed by atoms with Gasteiger partial charge >= 0.3 is 0 Å². The number of carbonyl (C=O) groups excluding carboxylic acids is 2. The fourth-order valence-corrected chi connectivity index (χ4v) is 3.94. The highest BCUT2D eigenvalue weighted by Gasteiger charge is 2.46. The van der Waals surface area contributed by atoms with Crippen molar-refractivity contribution in [3.8, 4) is 5.75 Å². The van der Waals surface area contributed by atoms with Crippen LogP contribution in [0, 0.1) is 6.92 Å². The topological polar surface area (TPSA) is 79.7 Å². The molecule has 152 valence electrons. The summed E-state index contributed by atoms with van der Waals surface area (Å²) in [6.45, 7) is 4.25. The van der Waals surface area contributed by atoms with E-state index < -0.39 is 17.7 Å². The number of benzene rings is 1. The molecule has 2 heterocycles. The third kappa shape index (κ3) is 3.85. The third-order valence-electron chi connectivity index (χ3n) is 4.96. The third-order valence-corrected chi connectivity index (χ3v) is 5.24. The molecule has 7 heteroatoms. The quantitative estimate of drug-likeness (QED) is 0.433. The second kappa shape index (κ2) is 8.66. The van der Waals surface area contributed by atoms with Gasteiger partial charge in [-0.3, -0.25) is 14.6 Å². The highest BCUT2D eigenvalue weighted by atomic mass is 35.5. The van der Waals surface area contributed by atoms with Crippen molar-refractivity contribution >= 4 is 29.1 Å². The molecule has 1 aromatic carbocycles. The Morgan fingerprint density at radius 1 is 1.28 bits per heavy atom. The van der Waals surface area contributed by atoms with Gasteiger partial charge in [0.1, 0.15) is 11.5 Å². The number of hydrogen-bond acceptors (Lipinski definition) is 5. The van der Waals surface area contributed by atoms with E-state index >= 15 is 0 Å². The molecule has 0 spiro atoms. The van der Waals surface area contributed by atoms with Crippen LogP contribution in [-0.4, -0.2) is 40.3 Å². The molecular weight excluding hydrogens is 392 g/mol. The first-order chi connectivity index (χ1) is 13.9. The second-order valence-electron chi connectivity index (χ2n) is 6.95. The first kappa shape index (κ1) is 20.9. The number of pyridine rings is 1. The second-order valence-corrected chi connectivity index (χ2v) is 7.36. The predicted molar refractivity (Wildman–Crippen MR) is 111 cm³/mol. The zero-order valence-corrected chi connectivity index (χ0v) is 17.4. The number of likely N-dealkylation sites (tertiary alicyclic amines) is 1. The number of nitrogens with zero attached hydrogens (tertiary/aromatic N) is 2. The Morgan fingerprint density at radius 3 is 2.59 bits per heavy atom. The minimum absolute atomic E-state index is 0.0252. The number of Topliss-reactive ketones (excluding diaryl/α,β-unsaturated/α-hetero) is 1. The Bertz CT molecular complexity index is 972. The van der Waals surface area contributed by atoms with Gasteiger partial charge in [0.25, 0.3) is 11.7 Å². The highest BCUT2D eigenvalue weighted by Crippen LogP contribution is 2.42. The summed E-state index contributed by atoms with van der Waals surface area (Å²) < 4.78 is 5.36. The summed E-state index contributed by atoms with van der Waals surface area (Å²) in [5, 5.41) is 11.5. The molecule has 1 aliphatic rings. The molecule has 1 unspecified atom stereocenters. The van der Waals surface area contributed by atoms with E-state index in [0.717, 1.165) is 18.4 Å². The number of carbonyl (C=O) groups is 2. The standard InChI is InChI=1S/C22H23ClN2O4/c1-4-5-10-25-18(14-6-8-24-9-7-14)17(20(27)22(25)28)19(26)15-11-13(2)12-16(23)21(15)29-3/h6-9,11-12,18,26H,4-5,10H2,1-3H3/b19-17+. The number of aromatic nitrogens is 1. The summed E-state index contributed by atoms with van der Waals surface area (Å²) in [6.07, 6.45) is 4.81. The molecule has 3 rings (SSSR count). The first-order valence-corrected chi connectivity index (χ1v) is 9.81. The number of ketones is 1. The van der Waals surface area contributed by atoms with Gasteiger partial charge in [0.05, 0.1) is 29.3 Å². The average Bonchev–Trinajstić information content (AvgIpc) is 2.96.